The number of nitrogens with one attached hydrogen (secondary N) is 1. The third kappa shape index (κ3) is 5.76. The zero-order valence-corrected chi connectivity index (χ0v) is 16.0. The van der Waals surface area contributed by atoms with Crippen LogP contribution in [-0.4, -0.2) is 46.4 Å². The van der Waals surface area contributed by atoms with Crippen LogP contribution in [0, 0.1) is 0 Å². The fourth-order valence-electron chi connectivity index (χ4n) is 2.22. The number of anilines is 1. The molecule has 0 aliphatic heterocycles. The first-order chi connectivity index (χ1) is 12.4. The molecule has 0 saturated carbocycles. The lowest BCUT2D eigenvalue weighted by Crippen LogP contribution is -2.24. The molecule has 0 spiro atoms. The van der Waals surface area contributed by atoms with Gasteiger partial charge in [-0.05, 0) is 17.7 Å². The van der Waals surface area contributed by atoms with Crippen LogP contribution in [0.15, 0.2) is 29.4 Å². The first-order valence-electron chi connectivity index (χ1n) is 8.19. The number of hydrogen-bond acceptors (Lipinski definition) is 6. The van der Waals surface area contributed by atoms with E-state index < -0.39 is 0 Å². The van der Waals surface area contributed by atoms with E-state index >= 15 is 0 Å². The van der Waals surface area contributed by atoms with Gasteiger partial charge in [-0.3, -0.25) is 9.59 Å². The summed E-state index contributed by atoms with van der Waals surface area (Å²) in [7, 11) is 5.78. The number of primary amides is 1. The number of aryl methyl sites for hydroxylation is 1. The van der Waals surface area contributed by atoms with Crippen LogP contribution in [0.2, 0.25) is 0 Å². The van der Waals surface area contributed by atoms with Gasteiger partial charge in [0, 0.05) is 46.2 Å². The molecular formula is C17H24N6O2S. The van der Waals surface area contributed by atoms with E-state index in [1.165, 1.54) is 11.8 Å². The number of amides is 2. The maximum Gasteiger partial charge on any atom is 0.230 e. The van der Waals surface area contributed by atoms with Crippen molar-refractivity contribution in [3.8, 4) is 0 Å². The molecule has 0 atom stereocenters. The van der Waals surface area contributed by atoms with E-state index in [2.05, 4.69) is 15.5 Å². The lowest BCUT2D eigenvalue weighted by Gasteiger charge is -2.12. The van der Waals surface area contributed by atoms with Gasteiger partial charge in [0.05, 0.1) is 5.75 Å². The van der Waals surface area contributed by atoms with Gasteiger partial charge >= 0.3 is 0 Å². The first kappa shape index (κ1) is 19.8. The topological polar surface area (TPSA) is 106 Å². The molecule has 140 valence electrons. The Bertz CT molecular complexity index is 757. The maximum absolute atomic E-state index is 12.0. The third-order valence-electron chi connectivity index (χ3n) is 3.79. The molecule has 0 aliphatic rings. The van der Waals surface area contributed by atoms with Crippen LogP contribution in [0.5, 0.6) is 0 Å². The Balaban J connectivity index is 1.79. The number of carbonyl (C=O) groups is 2. The molecule has 26 heavy (non-hydrogen) atoms. The summed E-state index contributed by atoms with van der Waals surface area (Å²) >= 11 is 1.31. The van der Waals surface area contributed by atoms with Gasteiger partial charge < -0.3 is 20.5 Å². The van der Waals surface area contributed by atoms with E-state index in [1.807, 2.05) is 50.3 Å². The zero-order chi connectivity index (χ0) is 19.1. The first-order valence-corrected chi connectivity index (χ1v) is 9.17. The second-order valence-electron chi connectivity index (χ2n) is 6.05. The average molecular weight is 376 g/mol. The molecule has 8 nitrogen and oxygen atoms in total. The quantitative estimate of drug-likeness (QED) is 0.624. The molecule has 2 amide bonds. The van der Waals surface area contributed by atoms with Gasteiger partial charge in [-0.1, -0.05) is 23.9 Å². The Morgan fingerprint density at radius 2 is 1.92 bits per heavy atom. The Morgan fingerprint density at radius 3 is 2.54 bits per heavy atom. The molecule has 3 N–H and O–H groups in total. The highest BCUT2D eigenvalue weighted by atomic mass is 32.2. The summed E-state index contributed by atoms with van der Waals surface area (Å²) in [6.45, 7) is 0.482. The third-order valence-corrected chi connectivity index (χ3v) is 4.82. The van der Waals surface area contributed by atoms with Crippen LogP contribution in [-0.2, 0) is 29.6 Å². The standard InChI is InChI=1S/C17H24N6O2S/c1-22(2)13-6-4-12(5-7-13)10-19-16(25)11-26-17-21-20-15(23(17)3)9-8-14(18)24/h4-7H,8-11H2,1-3H3,(H2,18,24)(H,19,25). The van der Waals surface area contributed by atoms with Gasteiger partial charge in [0.15, 0.2) is 5.16 Å². The van der Waals surface area contributed by atoms with Crippen LogP contribution >= 0.6 is 11.8 Å². The van der Waals surface area contributed by atoms with Crippen LogP contribution in [0.1, 0.15) is 17.8 Å². The van der Waals surface area contributed by atoms with E-state index in [1.54, 1.807) is 4.57 Å². The van der Waals surface area contributed by atoms with Crippen molar-refractivity contribution in [2.24, 2.45) is 12.8 Å². The Hall–Kier alpha value is -2.55. The van der Waals surface area contributed by atoms with Crippen molar-refractivity contribution in [2.45, 2.75) is 24.5 Å². The maximum atomic E-state index is 12.0. The minimum atomic E-state index is -0.375. The molecule has 0 radical (unpaired) electrons. The van der Waals surface area contributed by atoms with Crippen molar-refractivity contribution in [3.63, 3.8) is 0 Å². The Morgan fingerprint density at radius 1 is 1.23 bits per heavy atom. The fraction of sp³-hybridized carbons (Fsp3) is 0.412. The van der Waals surface area contributed by atoms with E-state index in [0.717, 1.165) is 11.3 Å². The Kier molecular flexibility index (Phi) is 7.02. The molecule has 0 bridgehead atoms. The second-order valence-corrected chi connectivity index (χ2v) is 6.99. The number of benzene rings is 1. The highest BCUT2D eigenvalue weighted by Gasteiger charge is 2.12. The molecule has 2 aromatic rings. The van der Waals surface area contributed by atoms with Crippen LogP contribution in [0.25, 0.3) is 0 Å². The van der Waals surface area contributed by atoms with E-state index in [0.29, 0.717) is 23.9 Å². The second kappa shape index (κ2) is 9.23. The van der Waals surface area contributed by atoms with Gasteiger partial charge in [-0.15, -0.1) is 10.2 Å². The molecule has 9 heteroatoms. The smallest absolute Gasteiger partial charge is 0.230 e. The normalized spacial score (nSPS) is 10.6. The van der Waals surface area contributed by atoms with Gasteiger partial charge in [0.2, 0.25) is 11.8 Å². The molecule has 1 aromatic heterocycles. The molecule has 0 saturated heterocycles. The van der Waals surface area contributed by atoms with Crippen LogP contribution in [0.4, 0.5) is 5.69 Å². The van der Waals surface area contributed by atoms with Gasteiger partial charge in [-0.2, -0.15) is 0 Å². The van der Waals surface area contributed by atoms with Crippen LogP contribution in [0.3, 0.4) is 0 Å². The van der Waals surface area contributed by atoms with Crippen molar-refractivity contribution in [1.82, 2.24) is 20.1 Å². The lowest BCUT2D eigenvalue weighted by molar-refractivity contribution is -0.119. The summed E-state index contributed by atoms with van der Waals surface area (Å²) in [6.07, 6.45) is 0.665. The number of carbonyl (C=O) groups excluding carboxylic acids is 2. The summed E-state index contributed by atoms with van der Waals surface area (Å²) in [4.78, 5) is 24.9. The number of thioether (sulfide) groups is 1. The highest BCUT2D eigenvalue weighted by molar-refractivity contribution is 7.99. The van der Waals surface area contributed by atoms with Gasteiger partial charge in [0.25, 0.3) is 0 Å². The Labute approximate surface area is 157 Å². The SMILES string of the molecule is CN(C)c1ccc(CNC(=O)CSc2nnc(CCC(N)=O)n2C)cc1. The fourth-order valence-corrected chi connectivity index (χ4v) is 2.98. The predicted octanol–water partition coefficient (Wildman–Crippen LogP) is 0.708. The van der Waals surface area contributed by atoms with Crippen molar-refractivity contribution >= 4 is 29.3 Å². The summed E-state index contributed by atoms with van der Waals surface area (Å²) in [6, 6.07) is 8.03. The van der Waals surface area contributed by atoms with Crippen molar-refractivity contribution in [3.05, 3.63) is 35.7 Å². The summed E-state index contributed by atoms with van der Waals surface area (Å²) in [5, 5.41) is 11.6. The van der Waals surface area contributed by atoms with Crippen LogP contribution < -0.4 is 16.0 Å². The average Bonchev–Trinajstić information content (AvgIpc) is 2.96. The molecule has 1 heterocycles. The van der Waals surface area contributed by atoms with Gasteiger partial charge in [0.1, 0.15) is 5.82 Å². The molecular weight excluding hydrogens is 352 g/mol. The predicted molar refractivity (Wildman–Crippen MR) is 102 cm³/mol. The summed E-state index contributed by atoms with van der Waals surface area (Å²) < 4.78 is 1.78. The van der Waals surface area contributed by atoms with E-state index in [9.17, 15) is 9.59 Å². The number of rotatable bonds is 9. The van der Waals surface area contributed by atoms with E-state index in [-0.39, 0.29) is 24.0 Å². The molecule has 0 aliphatic carbocycles. The largest absolute Gasteiger partial charge is 0.378 e. The summed E-state index contributed by atoms with van der Waals surface area (Å²) in [5.41, 5.74) is 7.30. The van der Waals surface area contributed by atoms with Crippen molar-refractivity contribution in [2.75, 3.05) is 24.7 Å². The van der Waals surface area contributed by atoms with Gasteiger partial charge in [-0.25, -0.2) is 0 Å². The highest BCUT2D eigenvalue weighted by Crippen LogP contribution is 2.16. The molecule has 2 rings (SSSR count). The molecule has 0 fully saturated rings. The minimum Gasteiger partial charge on any atom is -0.378 e. The minimum absolute atomic E-state index is 0.0756. The van der Waals surface area contributed by atoms with E-state index in [4.69, 9.17) is 5.73 Å². The number of aromatic nitrogens is 3. The van der Waals surface area contributed by atoms with Crippen molar-refractivity contribution in [1.29, 1.82) is 0 Å². The van der Waals surface area contributed by atoms with Crippen molar-refractivity contribution < 1.29 is 9.59 Å². The number of nitrogens with zero attached hydrogens (tertiary/aromatic N) is 4. The summed E-state index contributed by atoms with van der Waals surface area (Å²) in [5.74, 6) is 0.471. The molecule has 1 aromatic carbocycles. The number of nitrogens with two attached hydrogens (primary N) is 1. The molecule has 0 unspecified atom stereocenters. The zero-order valence-electron chi connectivity index (χ0n) is 15.2. The monoisotopic (exact) mass is 376 g/mol. The lowest BCUT2D eigenvalue weighted by atomic mass is 10.2. The number of hydrogen-bond donors (Lipinski definition) is 2.